The largest absolute Gasteiger partial charge is 0.298 e. The third kappa shape index (κ3) is 2.79. The summed E-state index contributed by atoms with van der Waals surface area (Å²) in [6.45, 7) is 0.636. The number of nitrogens with one attached hydrogen (secondary N) is 1. The zero-order valence-corrected chi connectivity index (χ0v) is 7.29. The number of hydrogen-bond donors (Lipinski definition) is 1. The molecule has 2 nitrogen and oxygen atoms in total. The van der Waals surface area contributed by atoms with Crippen molar-refractivity contribution in [2.45, 2.75) is 25.5 Å². The van der Waals surface area contributed by atoms with Crippen LogP contribution < -0.4 is 5.48 Å². The van der Waals surface area contributed by atoms with Gasteiger partial charge in [-0.15, -0.1) is 0 Å². The zero-order chi connectivity index (χ0) is 9.10. The van der Waals surface area contributed by atoms with Crippen molar-refractivity contribution in [1.29, 1.82) is 0 Å². The van der Waals surface area contributed by atoms with Crippen LogP contribution in [0.2, 0.25) is 0 Å². The van der Waals surface area contributed by atoms with E-state index in [2.05, 4.69) is 5.48 Å². The van der Waals surface area contributed by atoms with Gasteiger partial charge in [0, 0.05) is 6.54 Å². The maximum absolute atomic E-state index is 12.5. The van der Waals surface area contributed by atoms with Crippen LogP contribution in [-0.4, -0.2) is 6.10 Å². The van der Waals surface area contributed by atoms with Crippen LogP contribution in [-0.2, 0) is 11.4 Å². The fraction of sp³-hybridized carbons (Fsp3) is 0.400. The normalized spacial score (nSPS) is 16.1. The average Bonchev–Trinajstić information content (AvgIpc) is 2.92. The number of rotatable bonds is 4. The molecule has 1 N–H and O–H groups in total. The standard InChI is InChI=1S/C10H12FNO/c11-9-3-1-8(2-4-9)7-12-13-10-5-6-10/h1-4,10,12H,5-7H2. The summed E-state index contributed by atoms with van der Waals surface area (Å²) < 4.78 is 12.5. The van der Waals surface area contributed by atoms with Crippen molar-refractivity contribution in [3.8, 4) is 0 Å². The molecule has 1 aliphatic carbocycles. The van der Waals surface area contributed by atoms with E-state index in [0.717, 1.165) is 18.4 Å². The van der Waals surface area contributed by atoms with Crippen LogP contribution in [0, 0.1) is 5.82 Å². The van der Waals surface area contributed by atoms with Gasteiger partial charge < -0.3 is 0 Å². The molecule has 0 atom stereocenters. The van der Waals surface area contributed by atoms with E-state index in [1.165, 1.54) is 12.1 Å². The molecule has 2 rings (SSSR count). The Hall–Kier alpha value is -0.930. The second-order valence-electron chi connectivity index (χ2n) is 3.26. The molecule has 1 aliphatic rings. The fourth-order valence-corrected chi connectivity index (χ4v) is 1.03. The van der Waals surface area contributed by atoms with E-state index in [4.69, 9.17) is 4.84 Å². The Morgan fingerprint density at radius 1 is 1.31 bits per heavy atom. The highest BCUT2D eigenvalue weighted by atomic mass is 19.1. The van der Waals surface area contributed by atoms with Crippen molar-refractivity contribution in [2.75, 3.05) is 0 Å². The molecule has 1 fully saturated rings. The Kier molecular flexibility index (Phi) is 2.57. The van der Waals surface area contributed by atoms with Gasteiger partial charge in [-0.05, 0) is 30.5 Å². The average molecular weight is 181 g/mol. The van der Waals surface area contributed by atoms with Crippen molar-refractivity contribution in [3.63, 3.8) is 0 Å². The summed E-state index contributed by atoms with van der Waals surface area (Å²) in [5.74, 6) is -0.202. The lowest BCUT2D eigenvalue weighted by Gasteiger charge is -2.03. The molecular formula is C10H12FNO. The number of benzene rings is 1. The zero-order valence-electron chi connectivity index (χ0n) is 7.29. The van der Waals surface area contributed by atoms with Crippen LogP contribution in [0.1, 0.15) is 18.4 Å². The minimum atomic E-state index is -0.202. The first kappa shape index (κ1) is 8.66. The van der Waals surface area contributed by atoms with Gasteiger partial charge >= 0.3 is 0 Å². The third-order valence-electron chi connectivity index (χ3n) is 1.96. The van der Waals surface area contributed by atoms with Gasteiger partial charge in [0.05, 0.1) is 6.10 Å². The molecule has 0 radical (unpaired) electrons. The lowest BCUT2D eigenvalue weighted by molar-refractivity contribution is 0.0230. The van der Waals surface area contributed by atoms with Gasteiger partial charge in [0.2, 0.25) is 0 Å². The summed E-state index contributed by atoms with van der Waals surface area (Å²) in [5, 5.41) is 0. The molecular weight excluding hydrogens is 169 g/mol. The molecule has 0 aromatic heterocycles. The lowest BCUT2D eigenvalue weighted by Crippen LogP contribution is -2.15. The maximum atomic E-state index is 12.5. The van der Waals surface area contributed by atoms with Crippen molar-refractivity contribution in [3.05, 3.63) is 35.6 Å². The molecule has 0 unspecified atom stereocenters. The second-order valence-corrected chi connectivity index (χ2v) is 3.26. The van der Waals surface area contributed by atoms with Crippen LogP contribution in [0.4, 0.5) is 4.39 Å². The molecule has 1 aromatic rings. The number of halogens is 1. The first-order chi connectivity index (χ1) is 6.34. The highest BCUT2D eigenvalue weighted by Gasteiger charge is 2.22. The van der Waals surface area contributed by atoms with E-state index in [0.29, 0.717) is 12.6 Å². The number of hydrogen-bond acceptors (Lipinski definition) is 2. The SMILES string of the molecule is Fc1ccc(CNOC2CC2)cc1. The van der Waals surface area contributed by atoms with E-state index in [1.54, 1.807) is 12.1 Å². The monoisotopic (exact) mass is 181 g/mol. The topological polar surface area (TPSA) is 21.3 Å². The van der Waals surface area contributed by atoms with Gasteiger partial charge in [0.25, 0.3) is 0 Å². The Morgan fingerprint density at radius 3 is 2.62 bits per heavy atom. The third-order valence-corrected chi connectivity index (χ3v) is 1.96. The van der Waals surface area contributed by atoms with Gasteiger partial charge in [0.1, 0.15) is 5.82 Å². The first-order valence-corrected chi connectivity index (χ1v) is 4.47. The summed E-state index contributed by atoms with van der Waals surface area (Å²) in [4.78, 5) is 5.24. The van der Waals surface area contributed by atoms with Crippen molar-refractivity contribution in [2.24, 2.45) is 0 Å². The molecule has 3 heteroatoms. The van der Waals surface area contributed by atoms with Gasteiger partial charge in [-0.25, -0.2) is 4.39 Å². The summed E-state index contributed by atoms with van der Waals surface area (Å²) in [6.07, 6.45) is 2.70. The molecule has 0 bridgehead atoms. The van der Waals surface area contributed by atoms with Crippen molar-refractivity contribution < 1.29 is 9.23 Å². The van der Waals surface area contributed by atoms with Crippen LogP contribution in [0.15, 0.2) is 24.3 Å². The Morgan fingerprint density at radius 2 is 2.00 bits per heavy atom. The Labute approximate surface area is 76.7 Å². The fourth-order valence-electron chi connectivity index (χ4n) is 1.03. The van der Waals surface area contributed by atoms with Crippen LogP contribution in [0.3, 0.4) is 0 Å². The summed E-state index contributed by atoms with van der Waals surface area (Å²) in [7, 11) is 0. The summed E-state index contributed by atoms with van der Waals surface area (Å²) in [5.41, 5.74) is 3.89. The smallest absolute Gasteiger partial charge is 0.123 e. The molecule has 1 saturated carbocycles. The maximum Gasteiger partial charge on any atom is 0.123 e. The number of hydroxylamine groups is 1. The van der Waals surface area contributed by atoms with Gasteiger partial charge in [-0.3, -0.25) is 4.84 Å². The van der Waals surface area contributed by atoms with Gasteiger partial charge in [-0.1, -0.05) is 12.1 Å². The van der Waals surface area contributed by atoms with E-state index in [1.807, 2.05) is 0 Å². The summed E-state index contributed by atoms with van der Waals surface area (Å²) >= 11 is 0. The van der Waals surface area contributed by atoms with Crippen molar-refractivity contribution in [1.82, 2.24) is 5.48 Å². The first-order valence-electron chi connectivity index (χ1n) is 4.47. The molecule has 70 valence electrons. The van der Waals surface area contributed by atoms with Crippen LogP contribution >= 0.6 is 0 Å². The summed E-state index contributed by atoms with van der Waals surface area (Å²) in [6, 6.07) is 6.40. The van der Waals surface area contributed by atoms with Gasteiger partial charge in [-0.2, -0.15) is 5.48 Å². The minimum absolute atomic E-state index is 0.202. The van der Waals surface area contributed by atoms with E-state index < -0.39 is 0 Å². The van der Waals surface area contributed by atoms with E-state index in [-0.39, 0.29) is 5.82 Å². The molecule has 0 heterocycles. The lowest BCUT2D eigenvalue weighted by atomic mass is 10.2. The highest BCUT2D eigenvalue weighted by Crippen LogP contribution is 2.22. The highest BCUT2D eigenvalue weighted by molar-refractivity contribution is 5.15. The Bertz CT molecular complexity index is 269. The van der Waals surface area contributed by atoms with Crippen molar-refractivity contribution >= 4 is 0 Å². The van der Waals surface area contributed by atoms with Crippen LogP contribution in [0.5, 0.6) is 0 Å². The molecule has 0 aliphatic heterocycles. The predicted octanol–water partition coefficient (Wildman–Crippen LogP) is 2.01. The molecule has 1 aromatic carbocycles. The predicted molar refractivity (Wildman–Crippen MR) is 47.3 cm³/mol. The van der Waals surface area contributed by atoms with E-state index in [9.17, 15) is 4.39 Å². The quantitative estimate of drug-likeness (QED) is 0.717. The minimum Gasteiger partial charge on any atom is -0.298 e. The van der Waals surface area contributed by atoms with Gasteiger partial charge in [0.15, 0.2) is 0 Å². The second kappa shape index (κ2) is 3.85. The molecule has 13 heavy (non-hydrogen) atoms. The van der Waals surface area contributed by atoms with E-state index >= 15 is 0 Å². The molecule has 0 amide bonds. The Balaban J connectivity index is 1.76. The molecule has 0 saturated heterocycles. The molecule has 0 spiro atoms. The van der Waals surface area contributed by atoms with Crippen LogP contribution in [0.25, 0.3) is 0 Å².